The Labute approximate surface area is 115 Å². The fourth-order valence-electron chi connectivity index (χ4n) is 1.83. The van der Waals surface area contributed by atoms with Gasteiger partial charge in [0.25, 0.3) is 0 Å². The van der Waals surface area contributed by atoms with Gasteiger partial charge >= 0.3 is 0 Å². The second-order valence-electron chi connectivity index (χ2n) is 4.94. The van der Waals surface area contributed by atoms with Crippen LogP contribution >= 0.6 is 0 Å². The van der Waals surface area contributed by atoms with Crippen LogP contribution < -0.4 is 0 Å². The van der Waals surface area contributed by atoms with Gasteiger partial charge in [0, 0.05) is 19.4 Å². The number of rotatable bonds is 12. The van der Waals surface area contributed by atoms with Crippen molar-refractivity contribution in [3.8, 4) is 11.8 Å². The fourth-order valence-corrected chi connectivity index (χ4v) is 1.83. The van der Waals surface area contributed by atoms with Gasteiger partial charge in [-0.3, -0.25) is 0 Å². The molecule has 1 nitrogen and oxygen atoms in total. The first-order valence-corrected chi connectivity index (χ1v) is 7.95. The van der Waals surface area contributed by atoms with Crippen molar-refractivity contribution < 1.29 is 4.74 Å². The minimum atomic E-state index is 0.814. The summed E-state index contributed by atoms with van der Waals surface area (Å²) in [6.07, 6.45) is 13.9. The van der Waals surface area contributed by atoms with Gasteiger partial charge in [0.1, 0.15) is 0 Å². The summed E-state index contributed by atoms with van der Waals surface area (Å²) < 4.78 is 5.57. The molecule has 0 radical (unpaired) electrons. The van der Waals surface area contributed by atoms with Crippen LogP contribution in [0.2, 0.25) is 0 Å². The van der Waals surface area contributed by atoms with Crippen LogP contribution in [0.25, 0.3) is 0 Å². The molecule has 0 bridgehead atoms. The van der Waals surface area contributed by atoms with Gasteiger partial charge in [-0.1, -0.05) is 58.8 Å². The van der Waals surface area contributed by atoms with E-state index in [0.717, 1.165) is 26.1 Å². The van der Waals surface area contributed by atoms with E-state index in [2.05, 4.69) is 25.7 Å². The molecule has 1 heteroatoms. The van der Waals surface area contributed by atoms with Crippen LogP contribution in [0, 0.1) is 11.8 Å². The SMILES string of the molecule is CCCCC#CCCOCCCCCCCCC. The minimum Gasteiger partial charge on any atom is -0.380 e. The number of hydrogen-bond donors (Lipinski definition) is 0. The third kappa shape index (κ3) is 15.5. The Balaban J connectivity index is 3.00. The van der Waals surface area contributed by atoms with Gasteiger partial charge in [-0.25, -0.2) is 0 Å². The molecule has 0 fully saturated rings. The molecule has 0 aromatic heterocycles. The highest BCUT2D eigenvalue weighted by molar-refractivity contribution is 4.98. The van der Waals surface area contributed by atoms with Crippen LogP contribution in [-0.2, 0) is 4.74 Å². The van der Waals surface area contributed by atoms with Crippen molar-refractivity contribution in [2.24, 2.45) is 0 Å². The van der Waals surface area contributed by atoms with Crippen LogP contribution in [0.3, 0.4) is 0 Å². The Morgan fingerprint density at radius 1 is 0.611 bits per heavy atom. The fraction of sp³-hybridized carbons (Fsp3) is 0.882. The summed E-state index contributed by atoms with van der Waals surface area (Å²) in [5.74, 6) is 6.36. The zero-order valence-electron chi connectivity index (χ0n) is 12.6. The van der Waals surface area contributed by atoms with Crippen LogP contribution in [0.5, 0.6) is 0 Å². The third-order valence-electron chi connectivity index (χ3n) is 3.04. The summed E-state index contributed by atoms with van der Waals surface area (Å²) in [7, 11) is 0. The molecule has 0 atom stereocenters. The molecule has 0 unspecified atom stereocenters. The molecule has 0 aliphatic heterocycles. The largest absolute Gasteiger partial charge is 0.380 e. The Kier molecular flexibility index (Phi) is 16.1. The van der Waals surface area contributed by atoms with E-state index < -0.39 is 0 Å². The predicted molar refractivity (Wildman–Crippen MR) is 80.7 cm³/mol. The lowest BCUT2D eigenvalue weighted by Gasteiger charge is -2.02. The Bertz CT molecular complexity index is 199. The monoisotopic (exact) mass is 252 g/mol. The zero-order chi connectivity index (χ0) is 13.3. The Morgan fingerprint density at radius 3 is 1.94 bits per heavy atom. The van der Waals surface area contributed by atoms with E-state index in [-0.39, 0.29) is 0 Å². The van der Waals surface area contributed by atoms with E-state index in [0.29, 0.717) is 0 Å². The Morgan fingerprint density at radius 2 is 1.22 bits per heavy atom. The van der Waals surface area contributed by atoms with Crippen LogP contribution in [0.4, 0.5) is 0 Å². The van der Waals surface area contributed by atoms with E-state index in [9.17, 15) is 0 Å². The molecular formula is C17H32O. The topological polar surface area (TPSA) is 9.23 Å². The van der Waals surface area contributed by atoms with Crippen LogP contribution in [0.15, 0.2) is 0 Å². The second-order valence-corrected chi connectivity index (χ2v) is 4.94. The number of ether oxygens (including phenoxy) is 1. The second kappa shape index (κ2) is 16.5. The van der Waals surface area contributed by atoms with Crippen molar-refractivity contribution in [3.63, 3.8) is 0 Å². The third-order valence-corrected chi connectivity index (χ3v) is 3.04. The molecule has 0 aliphatic rings. The lowest BCUT2D eigenvalue weighted by molar-refractivity contribution is 0.135. The Hall–Kier alpha value is -0.480. The molecule has 0 rings (SSSR count). The van der Waals surface area contributed by atoms with Gasteiger partial charge in [-0.15, -0.1) is 11.8 Å². The van der Waals surface area contributed by atoms with Crippen LogP contribution in [0.1, 0.15) is 84.5 Å². The molecule has 106 valence electrons. The van der Waals surface area contributed by atoms with Crippen molar-refractivity contribution in [1.29, 1.82) is 0 Å². The molecule has 18 heavy (non-hydrogen) atoms. The molecule has 0 heterocycles. The van der Waals surface area contributed by atoms with E-state index in [4.69, 9.17) is 4.74 Å². The van der Waals surface area contributed by atoms with Crippen molar-refractivity contribution in [2.75, 3.05) is 13.2 Å². The standard InChI is InChI=1S/C17H32O/c1-3-5-7-9-11-13-15-17-18-16-14-12-10-8-6-4-2/h3-9,11,13-17H2,1-2H3. The lowest BCUT2D eigenvalue weighted by Crippen LogP contribution is -1.96. The molecule has 0 saturated carbocycles. The zero-order valence-corrected chi connectivity index (χ0v) is 12.6. The van der Waals surface area contributed by atoms with Gasteiger partial charge in [-0.05, 0) is 12.8 Å². The molecular weight excluding hydrogens is 220 g/mol. The maximum Gasteiger partial charge on any atom is 0.0575 e. The van der Waals surface area contributed by atoms with Gasteiger partial charge < -0.3 is 4.74 Å². The first kappa shape index (κ1) is 17.5. The van der Waals surface area contributed by atoms with E-state index >= 15 is 0 Å². The normalized spacial score (nSPS) is 10.1. The maximum atomic E-state index is 5.57. The smallest absolute Gasteiger partial charge is 0.0575 e. The van der Waals surface area contributed by atoms with E-state index in [1.807, 2.05) is 0 Å². The maximum absolute atomic E-state index is 5.57. The quantitative estimate of drug-likeness (QED) is 0.336. The predicted octanol–water partition coefficient (Wildman–Crippen LogP) is 5.34. The summed E-state index contributed by atoms with van der Waals surface area (Å²) >= 11 is 0. The van der Waals surface area contributed by atoms with E-state index in [1.165, 1.54) is 57.8 Å². The average molecular weight is 252 g/mol. The number of unbranched alkanes of at least 4 members (excludes halogenated alkanes) is 8. The summed E-state index contributed by atoms with van der Waals surface area (Å²) in [5.41, 5.74) is 0. The van der Waals surface area contributed by atoms with Gasteiger partial charge in [0.05, 0.1) is 6.61 Å². The summed E-state index contributed by atoms with van der Waals surface area (Å²) in [6, 6.07) is 0. The minimum absolute atomic E-state index is 0.814. The number of hydrogen-bond acceptors (Lipinski definition) is 1. The molecule has 0 spiro atoms. The molecule has 0 amide bonds. The molecule has 0 saturated heterocycles. The van der Waals surface area contributed by atoms with Gasteiger partial charge in [-0.2, -0.15) is 0 Å². The van der Waals surface area contributed by atoms with Crippen molar-refractivity contribution in [1.82, 2.24) is 0 Å². The van der Waals surface area contributed by atoms with E-state index in [1.54, 1.807) is 0 Å². The molecule has 0 aromatic carbocycles. The van der Waals surface area contributed by atoms with Crippen molar-refractivity contribution in [3.05, 3.63) is 0 Å². The highest BCUT2D eigenvalue weighted by Crippen LogP contribution is 2.06. The van der Waals surface area contributed by atoms with Gasteiger partial charge in [0.15, 0.2) is 0 Å². The summed E-state index contributed by atoms with van der Waals surface area (Å²) in [4.78, 5) is 0. The summed E-state index contributed by atoms with van der Waals surface area (Å²) in [5, 5.41) is 0. The van der Waals surface area contributed by atoms with Crippen molar-refractivity contribution >= 4 is 0 Å². The van der Waals surface area contributed by atoms with Gasteiger partial charge in [0.2, 0.25) is 0 Å². The molecule has 0 aromatic rings. The average Bonchev–Trinajstić information content (AvgIpc) is 2.39. The molecule has 0 aliphatic carbocycles. The van der Waals surface area contributed by atoms with Crippen molar-refractivity contribution in [2.45, 2.75) is 84.5 Å². The lowest BCUT2D eigenvalue weighted by atomic mass is 10.1. The first-order chi connectivity index (χ1) is 8.91. The highest BCUT2D eigenvalue weighted by Gasteiger charge is 1.91. The molecule has 0 N–H and O–H groups in total. The highest BCUT2D eigenvalue weighted by atomic mass is 16.5. The summed E-state index contributed by atoms with van der Waals surface area (Å²) in [6.45, 7) is 6.20. The van der Waals surface area contributed by atoms with Crippen LogP contribution in [-0.4, -0.2) is 13.2 Å². The first-order valence-electron chi connectivity index (χ1n) is 7.95.